The van der Waals surface area contributed by atoms with Crippen LogP contribution in [0.3, 0.4) is 0 Å². The first-order valence-corrected chi connectivity index (χ1v) is 5.09. The second-order valence-electron chi connectivity index (χ2n) is 3.65. The van der Waals surface area contributed by atoms with Crippen molar-refractivity contribution in [1.29, 1.82) is 0 Å². The third kappa shape index (κ3) is 3.80. The fourth-order valence-corrected chi connectivity index (χ4v) is 1.52. The molecule has 0 saturated carbocycles. The van der Waals surface area contributed by atoms with Gasteiger partial charge in [-0.3, -0.25) is 4.79 Å². The van der Waals surface area contributed by atoms with Crippen LogP contribution in [0.1, 0.15) is 32.6 Å². The summed E-state index contributed by atoms with van der Waals surface area (Å²) in [5.41, 5.74) is 0. The minimum atomic E-state index is -0.189. The normalized spacial score (nSPS) is 23.6. The fourth-order valence-electron chi connectivity index (χ4n) is 1.52. The van der Waals surface area contributed by atoms with Crippen LogP contribution in [0.25, 0.3) is 0 Å². The highest BCUT2D eigenvalue weighted by Gasteiger charge is 2.17. The quantitative estimate of drug-likeness (QED) is 0.684. The molecule has 3 nitrogen and oxygen atoms in total. The summed E-state index contributed by atoms with van der Waals surface area (Å²) >= 11 is 0. The number of ether oxygens (including phenoxy) is 1. The predicted molar refractivity (Wildman–Crippen MR) is 54.6 cm³/mol. The lowest BCUT2D eigenvalue weighted by atomic mass is 10.1. The average Bonchev–Trinajstić information content (AvgIpc) is 2.19. The molecule has 78 valence electrons. The highest BCUT2D eigenvalue weighted by molar-refractivity contribution is 5.77. The van der Waals surface area contributed by atoms with Gasteiger partial charge < -0.3 is 10.1 Å². The van der Waals surface area contributed by atoms with Gasteiger partial charge in [-0.15, -0.1) is 6.42 Å². The molecule has 1 aliphatic heterocycles. The van der Waals surface area contributed by atoms with E-state index in [1.165, 1.54) is 0 Å². The molecule has 2 unspecified atom stereocenters. The van der Waals surface area contributed by atoms with Crippen LogP contribution in [-0.4, -0.2) is 24.7 Å². The molecule has 14 heavy (non-hydrogen) atoms. The molecule has 1 aliphatic rings. The second-order valence-corrected chi connectivity index (χ2v) is 3.65. The van der Waals surface area contributed by atoms with E-state index in [9.17, 15) is 4.79 Å². The van der Waals surface area contributed by atoms with Crippen LogP contribution in [0.2, 0.25) is 0 Å². The summed E-state index contributed by atoms with van der Waals surface area (Å²) in [6.45, 7) is 2.57. The molecule has 1 fully saturated rings. The molecule has 3 heteroatoms. The molecule has 0 radical (unpaired) electrons. The monoisotopic (exact) mass is 195 g/mol. The van der Waals surface area contributed by atoms with Gasteiger partial charge in [-0.1, -0.05) is 5.92 Å². The molecular formula is C11H17NO2. The maximum atomic E-state index is 11.4. The smallest absolute Gasteiger partial charge is 0.223 e. The lowest BCUT2D eigenvalue weighted by Crippen LogP contribution is -2.35. The number of hydrogen-bond donors (Lipinski definition) is 1. The lowest BCUT2D eigenvalue weighted by molar-refractivity contribution is -0.125. The van der Waals surface area contributed by atoms with E-state index in [0.29, 0.717) is 6.42 Å². The van der Waals surface area contributed by atoms with Crippen LogP contribution in [-0.2, 0) is 9.53 Å². The van der Waals surface area contributed by atoms with Gasteiger partial charge in [-0.05, 0) is 26.2 Å². The first kappa shape index (κ1) is 11.1. The zero-order valence-corrected chi connectivity index (χ0v) is 8.58. The van der Waals surface area contributed by atoms with Crippen molar-refractivity contribution in [1.82, 2.24) is 5.32 Å². The molecule has 0 bridgehead atoms. The zero-order valence-electron chi connectivity index (χ0n) is 8.58. The Kier molecular flexibility index (Phi) is 4.48. The van der Waals surface area contributed by atoms with Gasteiger partial charge in [-0.25, -0.2) is 0 Å². The Labute approximate surface area is 85.2 Å². The molecule has 1 heterocycles. The molecule has 0 spiro atoms. The van der Waals surface area contributed by atoms with Gasteiger partial charge >= 0.3 is 0 Å². The molecule has 1 saturated heterocycles. The van der Waals surface area contributed by atoms with E-state index in [4.69, 9.17) is 11.2 Å². The van der Waals surface area contributed by atoms with E-state index in [2.05, 4.69) is 11.2 Å². The van der Waals surface area contributed by atoms with Crippen molar-refractivity contribution in [2.24, 2.45) is 0 Å². The third-order valence-corrected chi connectivity index (χ3v) is 2.31. The minimum absolute atomic E-state index is 0.0117. The molecule has 1 rings (SSSR count). The Morgan fingerprint density at radius 2 is 2.50 bits per heavy atom. The molecule has 0 aromatic rings. The Morgan fingerprint density at radius 1 is 1.71 bits per heavy atom. The topological polar surface area (TPSA) is 38.3 Å². The van der Waals surface area contributed by atoms with E-state index >= 15 is 0 Å². The number of amides is 1. The number of carbonyl (C=O) groups excluding carboxylic acids is 1. The van der Waals surface area contributed by atoms with Gasteiger partial charge in [0.1, 0.15) is 0 Å². The van der Waals surface area contributed by atoms with Crippen molar-refractivity contribution in [2.45, 2.75) is 44.8 Å². The molecule has 1 N–H and O–H groups in total. The van der Waals surface area contributed by atoms with Crippen LogP contribution >= 0.6 is 0 Å². The molecule has 0 aromatic heterocycles. The third-order valence-electron chi connectivity index (χ3n) is 2.31. The molecule has 0 aromatic carbocycles. The van der Waals surface area contributed by atoms with Crippen LogP contribution in [0.4, 0.5) is 0 Å². The van der Waals surface area contributed by atoms with Crippen LogP contribution in [0.5, 0.6) is 0 Å². The fraction of sp³-hybridized carbons (Fsp3) is 0.727. The maximum absolute atomic E-state index is 11.4. The van der Waals surface area contributed by atoms with E-state index in [1.54, 1.807) is 6.92 Å². The summed E-state index contributed by atoms with van der Waals surface area (Å²) in [6, 6.07) is -0.189. The number of nitrogens with one attached hydrogen (secondary N) is 1. The van der Waals surface area contributed by atoms with Crippen LogP contribution < -0.4 is 5.32 Å². The van der Waals surface area contributed by atoms with Crippen molar-refractivity contribution in [3.63, 3.8) is 0 Å². The first-order valence-electron chi connectivity index (χ1n) is 5.09. The number of terminal acetylenes is 1. The Morgan fingerprint density at radius 3 is 3.07 bits per heavy atom. The molecule has 1 amide bonds. The van der Waals surface area contributed by atoms with Gasteiger partial charge in [0.2, 0.25) is 5.91 Å². The first-order chi connectivity index (χ1) is 6.72. The van der Waals surface area contributed by atoms with E-state index < -0.39 is 0 Å². The van der Waals surface area contributed by atoms with Gasteiger partial charge in [0, 0.05) is 6.61 Å². The van der Waals surface area contributed by atoms with E-state index in [1.807, 2.05) is 0 Å². The predicted octanol–water partition coefficient (Wildman–Crippen LogP) is 1.08. The Balaban J connectivity index is 2.22. The zero-order chi connectivity index (χ0) is 10.4. The summed E-state index contributed by atoms with van der Waals surface area (Å²) in [5.74, 6) is 2.45. The summed E-state index contributed by atoms with van der Waals surface area (Å²) in [4.78, 5) is 11.4. The summed E-state index contributed by atoms with van der Waals surface area (Å²) in [7, 11) is 0. The summed E-state index contributed by atoms with van der Waals surface area (Å²) in [5, 5.41) is 2.72. The van der Waals surface area contributed by atoms with Gasteiger partial charge in [0.15, 0.2) is 0 Å². The number of rotatable bonds is 3. The Bertz CT molecular complexity index is 226. The highest BCUT2D eigenvalue weighted by atomic mass is 16.5. The van der Waals surface area contributed by atoms with Crippen molar-refractivity contribution in [2.75, 3.05) is 6.61 Å². The van der Waals surface area contributed by atoms with Crippen LogP contribution in [0.15, 0.2) is 0 Å². The van der Waals surface area contributed by atoms with Crippen molar-refractivity contribution >= 4 is 5.91 Å². The summed E-state index contributed by atoms with van der Waals surface area (Å²) < 4.78 is 5.45. The molecular weight excluding hydrogens is 178 g/mol. The highest BCUT2D eigenvalue weighted by Crippen LogP contribution is 2.15. The average molecular weight is 195 g/mol. The van der Waals surface area contributed by atoms with Gasteiger partial charge in [-0.2, -0.15) is 0 Å². The van der Waals surface area contributed by atoms with Crippen molar-refractivity contribution in [3.8, 4) is 12.3 Å². The second kappa shape index (κ2) is 5.66. The van der Waals surface area contributed by atoms with Crippen molar-refractivity contribution in [3.05, 3.63) is 0 Å². The van der Waals surface area contributed by atoms with Crippen molar-refractivity contribution < 1.29 is 9.53 Å². The largest absolute Gasteiger partial charge is 0.378 e. The Hall–Kier alpha value is -1.01. The van der Waals surface area contributed by atoms with Gasteiger partial charge in [0.05, 0.1) is 18.6 Å². The maximum Gasteiger partial charge on any atom is 0.223 e. The van der Waals surface area contributed by atoms with E-state index in [0.717, 1.165) is 25.9 Å². The molecule has 2 atom stereocenters. The van der Waals surface area contributed by atoms with Crippen LogP contribution in [0, 0.1) is 12.3 Å². The minimum Gasteiger partial charge on any atom is -0.378 e. The SMILES string of the molecule is C#CC(C)NC(=O)CC1CCCCO1. The molecule has 0 aliphatic carbocycles. The number of hydrogen-bond acceptors (Lipinski definition) is 2. The van der Waals surface area contributed by atoms with Gasteiger partial charge in [0.25, 0.3) is 0 Å². The standard InChI is InChI=1S/C11H17NO2/c1-3-9(2)12-11(13)8-10-6-4-5-7-14-10/h1,9-10H,4-8H2,2H3,(H,12,13). The number of carbonyl (C=O) groups is 1. The van der Waals surface area contributed by atoms with E-state index in [-0.39, 0.29) is 18.1 Å². The lowest BCUT2D eigenvalue weighted by Gasteiger charge is -2.22. The summed E-state index contributed by atoms with van der Waals surface area (Å²) in [6.07, 6.45) is 8.93.